The van der Waals surface area contributed by atoms with Gasteiger partial charge in [0.05, 0.1) is 7.11 Å². The number of benzene rings is 1. The predicted octanol–water partition coefficient (Wildman–Crippen LogP) is 1.33. The molecule has 1 aromatic rings. The van der Waals surface area contributed by atoms with Crippen LogP contribution in [0.15, 0.2) is 29.2 Å². The number of para-hydroxylation sites is 1. The monoisotopic (exact) mass is 270 g/mol. The first-order chi connectivity index (χ1) is 8.48. The van der Waals surface area contributed by atoms with Gasteiger partial charge in [-0.2, -0.15) is 0 Å². The van der Waals surface area contributed by atoms with Crippen molar-refractivity contribution in [1.29, 1.82) is 0 Å². The van der Waals surface area contributed by atoms with Crippen molar-refractivity contribution in [2.24, 2.45) is 5.92 Å². The number of hydrogen-bond acceptors (Lipinski definition) is 4. The van der Waals surface area contributed by atoms with Crippen molar-refractivity contribution in [2.45, 2.75) is 23.0 Å². The van der Waals surface area contributed by atoms with E-state index in [2.05, 4.69) is 0 Å². The first kappa shape index (κ1) is 12.9. The van der Waals surface area contributed by atoms with Crippen molar-refractivity contribution in [3.63, 3.8) is 0 Å². The van der Waals surface area contributed by atoms with E-state index in [1.54, 1.807) is 12.1 Å². The lowest BCUT2D eigenvalue weighted by atomic mass is 10.3. The molecular weight excluding hydrogens is 256 g/mol. The molecule has 0 bridgehead atoms. The quantitative estimate of drug-likeness (QED) is 0.873. The lowest BCUT2D eigenvalue weighted by Gasteiger charge is -2.14. The first-order valence-electron chi connectivity index (χ1n) is 5.58. The van der Waals surface area contributed by atoms with E-state index in [0.29, 0.717) is 12.8 Å². The molecule has 1 aliphatic rings. The van der Waals surface area contributed by atoms with Crippen LogP contribution in [0.25, 0.3) is 0 Å². The number of carboxylic acid groups (broad SMARTS) is 1. The zero-order valence-electron chi connectivity index (χ0n) is 9.87. The van der Waals surface area contributed by atoms with Gasteiger partial charge in [0.25, 0.3) is 0 Å². The minimum Gasteiger partial charge on any atom is -0.495 e. The maximum atomic E-state index is 12.4. The van der Waals surface area contributed by atoms with Gasteiger partial charge in [0.2, 0.25) is 0 Å². The smallest absolute Gasteiger partial charge is 0.322 e. The molecule has 5 nitrogen and oxygen atoms in total. The normalized spacial score (nSPS) is 17.2. The molecular formula is C12H14O5S. The molecule has 0 heterocycles. The van der Waals surface area contributed by atoms with Crippen molar-refractivity contribution in [3.05, 3.63) is 24.3 Å². The second-order valence-electron chi connectivity index (χ2n) is 4.29. The van der Waals surface area contributed by atoms with Crippen molar-refractivity contribution in [1.82, 2.24) is 0 Å². The summed E-state index contributed by atoms with van der Waals surface area (Å²) in [6.45, 7) is 0. The standard InChI is InChI=1S/C12H14O5S/c1-17-9-4-2-3-5-10(9)18(15,16)11(12(13)14)8-6-7-8/h2-5,8,11H,6-7H2,1H3,(H,13,14). The lowest BCUT2D eigenvalue weighted by Crippen LogP contribution is -2.32. The van der Waals surface area contributed by atoms with Gasteiger partial charge in [0, 0.05) is 0 Å². The number of hydrogen-bond donors (Lipinski definition) is 1. The van der Waals surface area contributed by atoms with Crippen molar-refractivity contribution in [2.75, 3.05) is 7.11 Å². The van der Waals surface area contributed by atoms with E-state index in [-0.39, 0.29) is 16.6 Å². The van der Waals surface area contributed by atoms with E-state index in [1.807, 2.05) is 0 Å². The first-order valence-corrected chi connectivity index (χ1v) is 7.13. The van der Waals surface area contributed by atoms with E-state index < -0.39 is 21.1 Å². The number of ether oxygens (including phenoxy) is 1. The van der Waals surface area contributed by atoms with Crippen molar-refractivity contribution < 1.29 is 23.1 Å². The highest BCUT2D eigenvalue weighted by molar-refractivity contribution is 7.93. The molecule has 1 fully saturated rings. The maximum absolute atomic E-state index is 12.4. The molecule has 1 unspecified atom stereocenters. The summed E-state index contributed by atoms with van der Waals surface area (Å²) in [6, 6.07) is 6.09. The molecule has 6 heteroatoms. The Morgan fingerprint density at radius 1 is 1.39 bits per heavy atom. The molecule has 18 heavy (non-hydrogen) atoms. The second kappa shape index (κ2) is 4.61. The molecule has 0 spiro atoms. The fourth-order valence-corrected chi connectivity index (χ4v) is 4.00. The Bertz CT molecular complexity index is 560. The van der Waals surface area contributed by atoms with Crippen LogP contribution in [-0.2, 0) is 14.6 Å². The summed E-state index contributed by atoms with van der Waals surface area (Å²) in [7, 11) is -2.54. The number of methoxy groups -OCH3 is 1. The van der Waals surface area contributed by atoms with Gasteiger partial charge in [-0.25, -0.2) is 8.42 Å². The SMILES string of the molecule is COc1ccccc1S(=O)(=O)C(C(=O)O)C1CC1. The zero-order chi connectivity index (χ0) is 13.3. The van der Waals surface area contributed by atoms with Gasteiger partial charge in [0.1, 0.15) is 10.6 Å². The van der Waals surface area contributed by atoms with E-state index in [0.717, 1.165) is 0 Å². The lowest BCUT2D eigenvalue weighted by molar-refractivity contribution is -0.136. The van der Waals surface area contributed by atoms with Crippen LogP contribution in [0.5, 0.6) is 5.75 Å². The Labute approximate surface area is 105 Å². The Morgan fingerprint density at radius 2 is 2.00 bits per heavy atom. The topological polar surface area (TPSA) is 80.7 Å². The van der Waals surface area contributed by atoms with E-state index in [1.165, 1.54) is 19.2 Å². The summed E-state index contributed by atoms with van der Waals surface area (Å²) in [5, 5.41) is 7.76. The van der Waals surface area contributed by atoms with Crippen molar-refractivity contribution >= 4 is 15.8 Å². The third kappa shape index (κ3) is 2.20. The van der Waals surface area contributed by atoms with Gasteiger partial charge < -0.3 is 9.84 Å². The fraction of sp³-hybridized carbons (Fsp3) is 0.417. The summed E-state index contributed by atoms with van der Waals surface area (Å²) in [6.07, 6.45) is 1.29. The minimum atomic E-state index is -3.90. The molecule has 0 radical (unpaired) electrons. The Morgan fingerprint density at radius 3 is 2.50 bits per heavy atom. The highest BCUT2D eigenvalue weighted by Gasteiger charge is 2.46. The molecule has 0 saturated heterocycles. The number of carboxylic acids is 1. The molecule has 0 amide bonds. The molecule has 1 aliphatic carbocycles. The summed E-state index contributed by atoms with van der Waals surface area (Å²) in [5.74, 6) is -1.38. The Kier molecular flexibility index (Phi) is 3.30. The average molecular weight is 270 g/mol. The highest BCUT2D eigenvalue weighted by Crippen LogP contribution is 2.40. The third-order valence-electron chi connectivity index (χ3n) is 3.00. The molecule has 0 aliphatic heterocycles. The third-order valence-corrected chi connectivity index (χ3v) is 5.21. The Hall–Kier alpha value is -1.56. The predicted molar refractivity (Wildman–Crippen MR) is 64.3 cm³/mol. The average Bonchev–Trinajstić information content (AvgIpc) is 3.12. The molecule has 1 aromatic carbocycles. The molecule has 1 atom stereocenters. The Balaban J connectivity index is 2.49. The molecule has 1 saturated carbocycles. The molecule has 0 aromatic heterocycles. The minimum absolute atomic E-state index is 0.0493. The van der Waals surface area contributed by atoms with Crippen LogP contribution in [0.2, 0.25) is 0 Å². The number of sulfone groups is 1. The van der Waals surface area contributed by atoms with E-state index in [4.69, 9.17) is 9.84 Å². The molecule has 2 rings (SSSR count). The summed E-state index contributed by atoms with van der Waals surface area (Å²) in [4.78, 5) is 11.1. The molecule has 1 N–H and O–H groups in total. The van der Waals surface area contributed by atoms with Gasteiger partial charge in [-0.3, -0.25) is 4.79 Å². The van der Waals surface area contributed by atoms with Crippen LogP contribution in [0.4, 0.5) is 0 Å². The van der Waals surface area contributed by atoms with Crippen LogP contribution in [-0.4, -0.2) is 31.9 Å². The van der Waals surface area contributed by atoms with Gasteiger partial charge in [-0.05, 0) is 30.9 Å². The summed E-state index contributed by atoms with van der Waals surface area (Å²) < 4.78 is 29.7. The number of rotatable bonds is 5. The maximum Gasteiger partial charge on any atom is 0.322 e. The molecule has 98 valence electrons. The number of carbonyl (C=O) groups is 1. The van der Waals surface area contributed by atoms with Crippen LogP contribution < -0.4 is 4.74 Å². The van der Waals surface area contributed by atoms with Crippen LogP contribution >= 0.6 is 0 Å². The van der Waals surface area contributed by atoms with E-state index in [9.17, 15) is 13.2 Å². The zero-order valence-corrected chi connectivity index (χ0v) is 10.7. The van der Waals surface area contributed by atoms with E-state index >= 15 is 0 Å². The van der Waals surface area contributed by atoms with Crippen molar-refractivity contribution in [3.8, 4) is 5.75 Å². The van der Waals surface area contributed by atoms with Crippen LogP contribution in [0, 0.1) is 5.92 Å². The summed E-state index contributed by atoms with van der Waals surface area (Å²) >= 11 is 0. The summed E-state index contributed by atoms with van der Waals surface area (Å²) in [5.41, 5.74) is 0. The second-order valence-corrected chi connectivity index (χ2v) is 6.33. The van der Waals surface area contributed by atoms with Crippen LogP contribution in [0.1, 0.15) is 12.8 Å². The van der Waals surface area contributed by atoms with Gasteiger partial charge in [0.15, 0.2) is 15.1 Å². The largest absolute Gasteiger partial charge is 0.495 e. The fourth-order valence-electron chi connectivity index (χ4n) is 1.98. The number of aliphatic carboxylic acids is 1. The highest BCUT2D eigenvalue weighted by atomic mass is 32.2. The van der Waals surface area contributed by atoms with Gasteiger partial charge in [-0.1, -0.05) is 12.1 Å². The van der Waals surface area contributed by atoms with Gasteiger partial charge >= 0.3 is 5.97 Å². The van der Waals surface area contributed by atoms with Crippen LogP contribution in [0.3, 0.4) is 0 Å². The van der Waals surface area contributed by atoms with Gasteiger partial charge in [-0.15, -0.1) is 0 Å².